The summed E-state index contributed by atoms with van der Waals surface area (Å²) in [6.45, 7) is 1.89. The second-order valence-corrected chi connectivity index (χ2v) is 4.72. The fourth-order valence-corrected chi connectivity index (χ4v) is 1.71. The largest absolute Gasteiger partial charge is 0.332 e. The van der Waals surface area contributed by atoms with E-state index in [1.54, 1.807) is 12.1 Å². The van der Waals surface area contributed by atoms with Crippen LogP contribution in [0.4, 0.5) is 0 Å². The average molecular weight is 204 g/mol. The summed E-state index contributed by atoms with van der Waals surface area (Å²) in [6.07, 6.45) is 0. The number of aryl methyl sites for hydroxylation is 1. The van der Waals surface area contributed by atoms with Crippen molar-refractivity contribution in [3.63, 3.8) is 0 Å². The van der Waals surface area contributed by atoms with Gasteiger partial charge in [0.25, 0.3) is 0 Å². The Morgan fingerprint density at radius 2 is 1.75 bits per heavy atom. The van der Waals surface area contributed by atoms with Gasteiger partial charge in [-0.15, -0.1) is 5.21 Å². The number of sulfone groups is 1. The molecule has 1 aromatic rings. The normalized spacial score (nSPS) is 11.5. The predicted molar refractivity (Wildman–Crippen MR) is 48.5 cm³/mol. The van der Waals surface area contributed by atoms with Gasteiger partial charge in [0.1, 0.15) is 0 Å². The Hall–Kier alpha value is -0.540. The zero-order valence-corrected chi connectivity index (χ0v) is 8.06. The third-order valence-electron chi connectivity index (χ3n) is 1.47. The maximum absolute atomic E-state index is 11.1. The molecule has 0 unspecified atom stereocenters. The van der Waals surface area contributed by atoms with Gasteiger partial charge in [0.2, 0.25) is 0 Å². The molecular formula is C8H8ClO2S-. The van der Waals surface area contributed by atoms with E-state index in [0.29, 0.717) is 5.21 Å². The molecule has 4 heteroatoms. The van der Waals surface area contributed by atoms with Crippen molar-refractivity contribution >= 4 is 21.4 Å². The van der Waals surface area contributed by atoms with Crippen LogP contribution in [0.3, 0.4) is 0 Å². The topological polar surface area (TPSA) is 34.1 Å². The van der Waals surface area contributed by atoms with Crippen molar-refractivity contribution in [2.24, 2.45) is 0 Å². The van der Waals surface area contributed by atoms with Gasteiger partial charge >= 0.3 is 0 Å². The molecule has 1 rings (SSSR count). The molecule has 12 heavy (non-hydrogen) atoms. The van der Waals surface area contributed by atoms with E-state index in [4.69, 9.17) is 11.6 Å². The zero-order chi connectivity index (χ0) is 9.19. The lowest BCUT2D eigenvalue weighted by Crippen LogP contribution is -1.96. The average Bonchev–Trinajstić information content (AvgIpc) is 2.05. The highest BCUT2D eigenvalue weighted by Gasteiger charge is 2.02. The summed E-state index contributed by atoms with van der Waals surface area (Å²) in [5, 5.41) is 0.678. The molecule has 0 saturated carbocycles. The summed E-state index contributed by atoms with van der Waals surface area (Å²) >= 11 is 5.15. The van der Waals surface area contributed by atoms with Gasteiger partial charge in [0.15, 0.2) is 0 Å². The third-order valence-corrected chi connectivity index (χ3v) is 3.33. The summed E-state index contributed by atoms with van der Waals surface area (Å²) in [5.74, 6) is 0. The van der Waals surface area contributed by atoms with Crippen molar-refractivity contribution < 1.29 is 8.42 Å². The first-order chi connectivity index (χ1) is 5.56. The molecule has 0 amide bonds. The first-order valence-corrected chi connectivity index (χ1v) is 5.30. The highest BCUT2D eigenvalue weighted by atomic mass is 35.5. The first kappa shape index (κ1) is 9.55. The van der Waals surface area contributed by atoms with Crippen LogP contribution in [-0.2, 0) is 9.84 Å². The van der Waals surface area contributed by atoms with Crippen LogP contribution in [0.5, 0.6) is 0 Å². The standard InChI is InChI=1S/C8H8ClO2S/c1-7-2-4-8(5-3-7)12(10,11)6-9/h2-6H,1H3/q-1. The van der Waals surface area contributed by atoms with E-state index in [9.17, 15) is 8.42 Å². The molecule has 0 aliphatic heterocycles. The lowest BCUT2D eigenvalue weighted by molar-refractivity contribution is 0.603. The van der Waals surface area contributed by atoms with Crippen LogP contribution in [0.15, 0.2) is 29.2 Å². The SMILES string of the molecule is Cc1ccc(S(=O)(=O)[CH-]Cl)cc1. The quantitative estimate of drug-likeness (QED) is 0.691. The Balaban J connectivity index is 3.14. The van der Waals surface area contributed by atoms with Gasteiger partial charge in [-0.25, -0.2) is 0 Å². The van der Waals surface area contributed by atoms with Crippen LogP contribution >= 0.6 is 11.6 Å². The molecule has 0 saturated heterocycles. The summed E-state index contributed by atoms with van der Waals surface area (Å²) in [5.41, 5.74) is 1.02. The Bertz CT molecular complexity index is 353. The van der Waals surface area contributed by atoms with E-state index in [1.807, 2.05) is 6.92 Å². The number of rotatable bonds is 2. The molecular weight excluding hydrogens is 196 g/mol. The molecule has 0 atom stereocenters. The van der Waals surface area contributed by atoms with Crippen molar-refractivity contribution in [2.75, 3.05) is 0 Å². The second kappa shape index (κ2) is 3.46. The molecule has 0 aliphatic carbocycles. The van der Waals surface area contributed by atoms with Crippen molar-refractivity contribution in [3.05, 3.63) is 35.0 Å². The second-order valence-electron chi connectivity index (χ2n) is 2.45. The van der Waals surface area contributed by atoms with Crippen LogP contribution in [0, 0.1) is 12.1 Å². The molecule has 0 heterocycles. The minimum absolute atomic E-state index is 0.225. The molecule has 0 spiro atoms. The van der Waals surface area contributed by atoms with Crippen LogP contribution in [0.1, 0.15) is 5.56 Å². The monoisotopic (exact) mass is 203 g/mol. The van der Waals surface area contributed by atoms with Crippen LogP contribution in [0.2, 0.25) is 0 Å². The Kier molecular flexibility index (Phi) is 2.75. The fraction of sp³-hybridized carbons (Fsp3) is 0.125. The number of halogens is 1. The van der Waals surface area contributed by atoms with Gasteiger partial charge in [0, 0.05) is 4.90 Å². The molecule has 0 fully saturated rings. The molecule has 0 radical (unpaired) electrons. The van der Waals surface area contributed by atoms with Crippen molar-refractivity contribution in [3.8, 4) is 0 Å². The summed E-state index contributed by atoms with van der Waals surface area (Å²) in [6, 6.07) is 6.52. The van der Waals surface area contributed by atoms with Crippen molar-refractivity contribution in [1.82, 2.24) is 0 Å². The maximum atomic E-state index is 11.1. The molecule has 2 nitrogen and oxygen atoms in total. The smallest absolute Gasteiger partial charge is 0.0651 e. The van der Waals surface area contributed by atoms with Gasteiger partial charge in [-0.2, -0.15) is 0 Å². The highest BCUT2D eigenvalue weighted by molar-refractivity contribution is 7.94. The summed E-state index contributed by atoms with van der Waals surface area (Å²) < 4.78 is 22.2. The minimum atomic E-state index is -3.37. The predicted octanol–water partition coefficient (Wildman–Crippen LogP) is 2.13. The molecule has 66 valence electrons. The van der Waals surface area contributed by atoms with Crippen molar-refractivity contribution in [2.45, 2.75) is 11.8 Å². The Morgan fingerprint density at radius 1 is 1.25 bits per heavy atom. The Labute approximate surface area is 77.1 Å². The number of hydrogen-bond acceptors (Lipinski definition) is 2. The first-order valence-electron chi connectivity index (χ1n) is 3.31. The van der Waals surface area contributed by atoms with E-state index < -0.39 is 9.84 Å². The van der Waals surface area contributed by atoms with Gasteiger partial charge in [0.05, 0.1) is 9.84 Å². The third kappa shape index (κ3) is 1.99. The number of hydrogen-bond donors (Lipinski definition) is 0. The van der Waals surface area contributed by atoms with E-state index in [1.165, 1.54) is 12.1 Å². The van der Waals surface area contributed by atoms with Crippen LogP contribution in [-0.4, -0.2) is 8.42 Å². The van der Waals surface area contributed by atoms with Gasteiger partial charge in [-0.3, -0.25) is 8.42 Å². The van der Waals surface area contributed by atoms with E-state index in [2.05, 4.69) is 0 Å². The highest BCUT2D eigenvalue weighted by Crippen LogP contribution is 2.15. The van der Waals surface area contributed by atoms with Crippen LogP contribution in [0.25, 0.3) is 0 Å². The van der Waals surface area contributed by atoms with E-state index in [0.717, 1.165) is 5.56 Å². The Morgan fingerprint density at radius 3 is 2.17 bits per heavy atom. The van der Waals surface area contributed by atoms with E-state index in [-0.39, 0.29) is 4.90 Å². The van der Waals surface area contributed by atoms with Gasteiger partial charge in [-0.05, 0) is 19.1 Å². The van der Waals surface area contributed by atoms with Crippen molar-refractivity contribution in [1.29, 1.82) is 0 Å². The minimum Gasteiger partial charge on any atom is -0.332 e. The molecule has 0 N–H and O–H groups in total. The molecule has 0 bridgehead atoms. The molecule has 0 aromatic heterocycles. The number of benzene rings is 1. The molecule has 1 aromatic carbocycles. The van der Waals surface area contributed by atoms with Crippen LogP contribution < -0.4 is 0 Å². The lowest BCUT2D eigenvalue weighted by atomic mass is 10.2. The lowest BCUT2D eigenvalue weighted by Gasteiger charge is -2.07. The van der Waals surface area contributed by atoms with E-state index >= 15 is 0 Å². The summed E-state index contributed by atoms with van der Waals surface area (Å²) in [7, 11) is -3.37. The zero-order valence-electron chi connectivity index (χ0n) is 6.49. The fourth-order valence-electron chi connectivity index (χ4n) is 0.779. The molecule has 0 aliphatic rings. The van der Waals surface area contributed by atoms with Gasteiger partial charge in [-0.1, -0.05) is 17.7 Å². The summed E-state index contributed by atoms with van der Waals surface area (Å²) in [4.78, 5) is 0.225. The maximum Gasteiger partial charge on any atom is 0.0651 e. The van der Waals surface area contributed by atoms with Gasteiger partial charge < -0.3 is 11.6 Å².